The largest absolute Gasteiger partial charge is 0.492 e. The van der Waals surface area contributed by atoms with Crippen LogP contribution in [0.4, 0.5) is 0 Å². The minimum absolute atomic E-state index is 0.157. The predicted molar refractivity (Wildman–Crippen MR) is 82.0 cm³/mol. The number of halogens is 1. The fraction of sp³-hybridized carbons (Fsp3) is 0.133. The van der Waals surface area contributed by atoms with Gasteiger partial charge in [0.05, 0.1) is 5.69 Å². The van der Waals surface area contributed by atoms with E-state index < -0.39 is 5.97 Å². The number of aliphatic carboxylic acids is 1. The van der Waals surface area contributed by atoms with Crippen LogP contribution in [0.3, 0.4) is 0 Å². The molecule has 0 bridgehead atoms. The number of carboxylic acids is 1. The van der Waals surface area contributed by atoms with Crippen LogP contribution in [0.25, 0.3) is 22.2 Å². The summed E-state index contributed by atoms with van der Waals surface area (Å²) >= 11 is 6.07. The summed E-state index contributed by atoms with van der Waals surface area (Å²) in [4.78, 5) is 11.1. The van der Waals surface area contributed by atoms with Crippen LogP contribution in [0.2, 0.25) is 5.02 Å². The Morgan fingerprint density at radius 3 is 2.68 bits per heavy atom. The SMILES string of the molecule is Cc1c(-c2ccc(O)nn2)c2cc(Cl)ccc2n1CC(=O)O. The Morgan fingerprint density at radius 1 is 1.27 bits per heavy atom. The molecule has 2 N–H and O–H groups in total. The van der Waals surface area contributed by atoms with E-state index in [4.69, 9.17) is 16.7 Å². The normalized spacial score (nSPS) is 11.0. The number of benzene rings is 1. The van der Waals surface area contributed by atoms with Crippen molar-refractivity contribution in [3.8, 4) is 17.1 Å². The standard InChI is InChI=1S/C15H12ClN3O3/c1-8-15(11-3-5-13(20)18-17-11)10-6-9(16)2-4-12(10)19(8)7-14(21)22/h2-6H,7H2,1H3,(H,18,20)(H,21,22). The number of hydrogen-bond acceptors (Lipinski definition) is 4. The first-order valence-electron chi connectivity index (χ1n) is 6.50. The van der Waals surface area contributed by atoms with Crippen molar-refractivity contribution in [2.24, 2.45) is 0 Å². The van der Waals surface area contributed by atoms with Crippen molar-refractivity contribution >= 4 is 28.5 Å². The van der Waals surface area contributed by atoms with Crippen molar-refractivity contribution in [1.82, 2.24) is 14.8 Å². The molecule has 0 aliphatic carbocycles. The first-order valence-corrected chi connectivity index (χ1v) is 6.88. The molecule has 0 fully saturated rings. The van der Waals surface area contributed by atoms with Gasteiger partial charge in [-0.1, -0.05) is 11.6 Å². The van der Waals surface area contributed by atoms with Crippen LogP contribution < -0.4 is 0 Å². The average molecular weight is 318 g/mol. The molecule has 6 nitrogen and oxygen atoms in total. The number of hydrogen-bond donors (Lipinski definition) is 2. The Morgan fingerprint density at radius 2 is 2.05 bits per heavy atom. The highest BCUT2D eigenvalue weighted by Crippen LogP contribution is 2.35. The van der Waals surface area contributed by atoms with Crippen molar-refractivity contribution in [1.29, 1.82) is 0 Å². The zero-order valence-electron chi connectivity index (χ0n) is 11.6. The van der Waals surface area contributed by atoms with Gasteiger partial charge in [-0.15, -0.1) is 10.2 Å². The lowest BCUT2D eigenvalue weighted by molar-refractivity contribution is -0.137. The van der Waals surface area contributed by atoms with Crippen molar-refractivity contribution < 1.29 is 15.0 Å². The first kappa shape index (κ1) is 14.3. The molecule has 0 atom stereocenters. The smallest absolute Gasteiger partial charge is 0.323 e. The third-order valence-electron chi connectivity index (χ3n) is 3.49. The molecular formula is C15H12ClN3O3. The first-order chi connectivity index (χ1) is 10.5. The van der Waals surface area contributed by atoms with Crippen LogP contribution in [-0.4, -0.2) is 30.9 Å². The lowest BCUT2D eigenvalue weighted by Crippen LogP contribution is -2.09. The molecule has 3 aromatic rings. The van der Waals surface area contributed by atoms with Gasteiger partial charge >= 0.3 is 5.97 Å². The monoisotopic (exact) mass is 317 g/mol. The molecule has 0 amide bonds. The summed E-state index contributed by atoms with van der Waals surface area (Å²) in [5, 5.41) is 27.4. The van der Waals surface area contributed by atoms with Gasteiger partial charge in [0.2, 0.25) is 5.88 Å². The molecule has 0 unspecified atom stereocenters. The Balaban J connectivity index is 2.33. The number of aromatic nitrogens is 3. The lowest BCUT2D eigenvalue weighted by Gasteiger charge is -2.05. The maximum Gasteiger partial charge on any atom is 0.323 e. The second kappa shape index (κ2) is 5.31. The molecule has 0 radical (unpaired) electrons. The number of aromatic hydroxyl groups is 1. The van der Waals surface area contributed by atoms with Gasteiger partial charge in [-0.3, -0.25) is 4.79 Å². The third kappa shape index (κ3) is 2.37. The van der Waals surface area contributed by atoms with Crippen molar-refractivity contribution in [3.05, 3.63) is 41.0 Å². The highest BCUT2D eigenvalue weighted by atomic mass is 35.5. The number of rotatable bonds is 3. The van der Waals surface area contributed by atoms with Crippen LogP contribution in [0.15, 0.2) is 30.3 Å². The molecule has 22 heavy (non-hydrogen) atoms. The topological polar surface area (TPSA) is 88.2 Å². The van der Waals surface area contributed by atoms with E-state index in [9.17, 15) is 9.90 Å². The summed E-state index contributed by atoms with van der Waals surface area (Å²) < 4.78 is 1.69. The molecule has 2 heterocycles. The van der Waals surface area contributed by atoms with E-state index in [0.717, 1.165) is 22.2 Å². The number of nitrogens with zero attached hydrogens (tertiary/aromatic N) is 3. The van der Waals surface area contributed by atoms with Gasteiger partial charge in [-0.2, -0.15) is 0 Å². The van der Waals surface area contributed by atoms with E-state index >= 15 is 0 Å². The van der Waals surface area contributed by atoms with Crippen LogP contribution in [-0.2, 0) is 11.3 Å². The summed E-state index contributed by atoms with van der Waals surface area (Å²) in [6.45, 7) is 1.66. The maximum absolute atomic E-state index is 11.1. The van der Waals surface area contributed by atoms with E-state index in [1.807, 2.05) is 6.92 Å². The molecule has 2 aromatic heterocycles. The van der Waals surface area contributed by atoms with Crippen LogP contribution in [0.5, 0.6) is 5.88 Å². The Hall–Kier alpha value is -2.60. The number of carbonyl (C=O) groups is 1. The van der Waals surface area contributed by atoms with Crippen LogP contribution in [0.1, 0.15) is 5.69 Å². The van der Waals surface area contributed by atoms with E-state index in [1.165, 1.54) is 6.07 Å². The third-order valence-corrected chi connectivity index (χ3v) is 3.72. The van der Waals surface area contributed by atoms with E-state index in [0.29, 0.717) is 10.7 Å². The summed E-state index contributed by atoms with van der Waals surface area (Å²) in [5.41, 5.74) is 2.81. The van der Waals surface area contributed by atoms with Gasteiger partial charge in [-0.05, 0) is 31.2 Å². The summed E-state index contributed by atoms with van der Waals surface area (Å²) in [5.74, 6) is -1.10. The molecule has 0 aliphatic rings. The quantitative estimate of drug-likeness (QED) is 0.775. The molecule has 0 spiro atoms. The Kier molecular flexibility index (Phi) is 3.46. The number of fused-ring (bicyclic) bond motifs is 1. The summed E-state index contributed by atoms with van der Waals surface area (Å²) in [6.07, 6.45) is 0. The van der Waals surface area contributed by atoms with Gasteiger partial charge in [0.1, 0.15) is 6.54 Å². The maximum atomic E-state index is 11.1. The molecule has 7 heteroatoms. The molecule has 112 valence electrons. The van der Waals surface area contributed by atoms with E-state index in [-0.39, 0.29) is 12.4 Å². The van der Waals surface area contributed by atoms with Gasteiger partial charge in [0, 0.05) is 33.2 Å². The van der Waals surface area contributed by atoms with Crippen LogP contribution >= 0.6 is 11.6 Å². The number of carboxylic acid groups (broad SMARTS) is 1. The minimum atomic E-state index is -0.932. The fourth-order valence-electron chi connectivity index (χ4n) is 2.58. The fourth-order valence-corrected chi connectivity index (χ4v) is 2.75. The van der Waals surface area contributed by atoms with Gasteiger partial charge in [0.15, 0.2) is 0 Å². The molecule has 1 aromatic carbocycles. The molecule has 0 aliphatic heterocycles. The predicted octanol–water partition coefficient (Wildman–Crippen LogP) is 2.85. The second-order valence-electron chi connectivity index (χ2n) is 4.88. The van der Waals surface area contributed by atoms with E-state index in [2.05, 4.69) is 10.2 Å². The molecule has 0 saturated heterocycles. The van der Waals surface area contributed by atoms with E-state index in [1.54, 1.807) is 28.8 Å². The van der Waals surface area contributed by atoms with Crippen molar-refractivity contribution in [3.63, 3.8) is 0 Å². The van der Waals surface area contributed by atoms with Gasteiger partial charge < -0.3 is 14.8 Å². The highest BCUT2D eigenvalue weighted by Gasteiger charge is 2.18. The van der Waals surface area contributed by atoms with Gasteiger partial charge in [-0.25, -0.2) is 0 Å². The van der Waals surface area contributed by atoms with Gasteiger partial charge in [0.25, 0.3) is 0 Å². The molecule has 3 rings (SSSR count). The highest BCUT2D eigenvalue weighted by molar-refractivity contribution is 6.31. The van der Waals surface area contributed by atoms with Crippen molar-refractivity contribution in [2.45, 2.75) is 13.5 Å². The lowest BCUT2D eigenvalue weighted by atomic mass is 10.1. The zero-order chi connectivity index (χ0) is 15.9. The zero-order valence-corrected chi connectivity index (χ0v) is 12.4. The average Bonchev–Trinajstić information content (AvgIpc) is 2.72. The second-order valence-corrected chi connectivity index (χ2v) is 5.31. The molecule has 0 saturated carbocycles. The van der Waals surface area contributed by atoms with Crippen LogP contribution in [0, 0.1) is 6.92 Å². The molecular weight excluding hydrogens is 306 g/mol. The minimum Gasteiger partial charge on any atom is -0.492 e. The summed E-state index contributed by atoms with van der Waals surface area (Å²) in [7, 11) is 0. The Bertz CT molecular complexity index is 872. The summed E-state index contributed by atoms with van der Waals surface area (Å²) in [6, 6.07) is 8.34. The van der Waals surface area contributed by atoms with Crippen molar-refractivity contribution in [2.75, 3.05) is 0 Å². The Labute approximate surface area is 130 Å².